The van der Waals surface area contributed by atoms with Crippen molar-refractivity contribution < 1.29 is 14.5 Å². The Morgan fingerprint density at radius 1 is 1.12 bits per heavy atom. The summed E-state index contributed by atoms with van der Waals surface area (Å²) in [5, 5.41) is 23.3. The van der Waals surface area contributed by atoms with Gasteiger partial charge >= 0.3 is 0 Å². The lowest BCUT2D eigenvalue weighted by Crippen LogP contribution is -2.37. The Morgan fingerprint density at radius 3 is 2.52 bits per heavy atom. The Morgan fingerprint density at radius 2 is 1.82 bits per heavy atom. The van der Waals surface area contributed by atoms with Gasteiger partial charge in [-0.15, -0.1) is 10.2 Å². The molecular weight excluding hydrogens is 444 g/mol. The molecule has 2 heterocycles. The second-order valence-corrected chi connectivity index (χ2v) is 8.61. The SMILES string of the molecule is Cc1ccc(-n2c(SCC(=O)Nc3ccc(C)cc3[N+](=O)[O-])nnc2N2CCOCC2)cc1. The zero-order valence-electron chi connectivity index (χ0n) is 18.4. The van der Waals surface area contributed by atoms with E-state index >= 15 is 0 Å². The van der Waals surface area contributed by atoms with E-state index < -0.39 is 4.92 Å². The quantitative estimate of drug-likeness (QED) is 0.319. The van der Waals surface area contributed by atoms with Crippen molar-refractivity contribution in [3.05, 3.63) is 63.7 Å². The minimum Gasteiger partial charge on any atom is -0.378 e. The number of rotatable bonds is 7. The number of anilines is 2. The molecule has 0 spiro atoms. The third-order valence-electron chi connectivity index (χ3n) is 5.16. The van der Waals surface area contributed by atoms with Gasteiger partial charge in [-0.3, -0.25) is 19.5 Å². The molecule has 4 rings (SSSR count). The summed E-state index contributed by atoms with van der Waals surface area (Å²) in [4.78, 5) is 25.5. The van der Waals surface area contributed by atoms with E-state index in [1.807, 2.05) is 35.8 Å². The zero-order chi connectivity index (χ0) is 23.4. The Kier molecular flexibility index (Phi) is 6.90. The van der Waals surface area contributed by atoms with Gasteiger partial charge in [0, 0.05) is 19.2 Å². The van der Waals surface area contributed by atoms with Crippen LogP contribution in [0.1, 0.15) is 11.1 Å². The molecule has 1 aromatic heterocycles. The van der Waals surface area contributed by atoms with Gasteiger partial charge in [0.2, 0.25) is 11.9 Å². The van der Waals surface area contributed by atoms with Crippen LogP contribution in [-0.2, 0) is 9.53 Å². The van der Waals surface area contributed by atoms with Crippen LogP contribution < -0.4 is 10.2 Å². The Bertz CT molecular complexity index is 1160. The van der Waals surface area contributed by atoms with Crippen molar-refractivity contribution in [2.24, 2.45) is 0 Å². The molecule has 3 aromatic rings. The maximum Gasteiger partial charge on any atom is 0.293 e. The van der Waals surface area contributed by atoms with E-state index in [-0.39, 0.29) is 23.0 Å². The van der Waals surface area contributed by atoms with Gasteiger partial charge in [-0.1, -0.05) is 35.5 Å². The molecule has 0 aliphatic carbocycles. The molecule has 10 nitrogen and oxygen atoms in total. The summed E-state index contributed by atoms with van der Waals surface area (Å²) in [6, 6.07) is 12.7. The van der Waals surface area contributed by atoms with Crippen molar-refractivity contribution in [3.8, 4) is 5.69 Å². The number of nitrogens with zero attached hydrogens (tertiary/aromatic N) is 5. The first kappa shape index (κ1) is 22.7. The van der Waals surface area contributed by atoms with E-state index in [2.05, 4.69) is 20.4 Å². The van der Waals surface area contributed by atoms with Crippen LogP contribution in [0.5, 0.6) is 0 Å². The third-order valence-corrected chi connectivity index (χ3v) is 6.09. The summed E-state index contributed by atoms with van der Waals surface area (Å²) < 4.78 is 7.38. The average Bonchev–Trinajstić information content (AvgIpc) is 3.24. The van der Waals surface area contributed by atoms with Crippen molar-refractivity contribution in [1.29, 1.82) is 0 Å². The summed E-state index contributed by atoms with van der Waals surface area (Å²) in [5.41, 5.74) is 2.81. The first-order valence-corrected chi connectivity index (χ1v) is 11.4. The summed E-state index contributed by atoms with van der Waals surface area (Å²) in [6.45, 7) is 6.40. The van der Waals surface area contributed by atoms with Crippen LogP contribution in [0.2, 0.25) is 0 Å². The number of aromatic nitrogens is 3. The minimum atomic E-state index is -0.502. The molecule has 0 radical (unpaired) electrons. The molecule has 1 N–H and O–H groups in total. The van der Waals surface area contributed by atoms with Crippen molar-refractivity contribution in [1.82, 2.24) is 14.8 Å². The molecule has 0 atom stereocenters. The molecule has 1 amide bonds. The third kappa shape index (κ3) is 5.32. The standard InChI is InChI=1S/C22H24N6O4S/c1-15-3-6-17(7-4-15)27-21(26-9-11-32-12-10-26)24-25-22(27)33-14-20(29)23-18-8-5-16(2)13-19(18)28(30)31/h3-8,13H,9-12,14H2,1-2H3,(H,23,29). The van der Waals surface area contributed by atoms with Gasteiger partial charge in [-0.2, -0.15) is 0 Å². The highest BCUT2D eigenvalue weighted by molar-refractivity contribution is 7.99. The second-order valence-electron chi connectivity index (χ2n) is 7.67. The summed E-state index contributed by atoms with van der Waals surface area (Å²) in [6.07, 6.45) is 0. The minimum absolute atomic E-state index is 0.0259. The first-order valence-electron chi connectivity index (χ1n) is 10.5. The molecule has 1 aliphatic rings. The van der Waals surface area contributed by atoms with Gasteiger partial charge in [0.25, 0.3) is 5.69 Å². The fourth-order valence-electron chi connectivity index (χ4n) is 3.46. The molecule has 0 unspecified atom stereocenters. The second kappa shape index (κ2) is 10.0. The van der Waals surface area contributed by atoms with Crippen molar-refractivity contribution >= 4 is 35.0 Å². The number of nitro groups is 1. The van der Waals surface area contributed by atoms with E-state index in [1.54, 1.807) is 19.1 Å². The number of amides is 1. The van der Waals surface area contributed by atoms with E-state index in [9.17, 15) is 14.9 Å². The van der Waals surface area contributed by atoms with Gasteiger partial charge in [0.1, 0.15) is 5.69 Å². The topological polar surface area (TPSA) is 115 Å². The first-order chi connectivity index (χ1) is 15.9. The van der Waals surface area contributed by atoms with Crippen molar-refractivity contribution in [2.45, 2.75) is 19.0 Å². The smallest absolute Gasteiger partial charge is 0.293 e. The van der Waals surface area contributed by atoms with Crippen LogP contribution in [0.4, 0.5) is 17.3 Å². The molecule has 11 heteroatoms. The number of benzene rings is 2. The molecule has 2 aromatic carbocycles. The van der Waals surface area contributed by atoms with Crippen molar-refractivity contribution in [2.75, 3.05) is 42.3 Å². The number of carbonyl (C=O) groups excluding carboxylic acids is 1. The van der Waals surface area contributed by atoms with Gasteiger partial charge in [-0.25, -0.2) is 0 Å². The number of carbonyl (C=O) groups is 1. The van der Waals surface area contributed by atoms with E-state index in [1.165, 1.54) is 17.8 Å². The van der Waals surface area contributed by atoms with Crippen LogP contribution in [0.25, 0.3) is 5.69 Å². The number of nitro benzene ring substituents is 1. The van der Waals surface area contributed by atoms with Gasteiger partial charge in [0.15, 0.2) is 5.16 Å². The lowest BCUT2D eigenvalue weighted by Gasteiger charge is -2.27. The van der Waals surface area contributed by atoms with Gasteiger partial charge < -0.3 is 15.0 Å². The number of hydrogen-bond acceptors (Lipinski definition) is 8. The molecule has 172 valence electrons. The number of morpholine rings is 1. The molecule has 1 fully saturated rings. The lowest BCUT2D eigenvalue weighted by molar-refractivity contribution is -0.384. The van der Waals surface area contributed by atoms with Crippen LogP contribution >= 0.6 is 11.8 Å². The monoisotopic (exact) mass is 468 g/mol. The number of ether oxygens (including phenoxy) is 1. The average molecular weight is 469 g/mol. The summed E-state index contributed by atoms with van der Waals surface area (Å²) >= 11 is 1.23. The lowest BCUT2D eigenvalue weighted by atomic mass is 10.2. The molecule has 1 saturated heterocycles. The predicted molar refractivity (Wildman–Crippen MR) is 126 cm³/mol. The molecule has 33 heavy (non-hydrogen) atoms. The van der Waals surface area contributed by atoms with Crippen LogP contribution in [0.15, 0.2) is 47.6 Å². The van der Waals surface area contributed by atoms with E-state index in [0.29, 0.717) is 37.4 Å². The fourth-order valence-corrected chi connectivity index (χ4v) is 4.21. The Labute approximate surface area is 195 Å². The highest BCUT2D eigenvalue weighted by Gasteiger charge is 2.23. The molecule has 0 bridgehead atoms. The number of hydrogen-bond donors (Lipinski definition) is 1. The number of thioether (sulfide) groups is 1. The fraction of sp³-hybridized carbons (Fsp3) is 0.318. The Balaban J connectivity index is 1.54. The molecule has 0 saturated carbocycles. The summed E-state index contributed by atoms with van der Waals surface area (Å²) in [5.74, 6) is 0.357. The maximum atomic E-state index is 12.6. The van der Waals surface area contributed by atoms with Gasteiger partial charge in [-0.05, 0) is 37.6 Å². The zero-order valence-corrected chi connectivity index (χ0v) is 19.2. The largest absolute Gasteiger partial charge is 0.378 e. The highest BCUT2D eigenvalue weighted by Crippen LogP contribution is 2.29. The molecular formula is C22H24N6O4S. The highest BCUT2D eigenvalue weighted by atomic mass is 32.2. The van der Waals surface area contributed by atoms with E-state index in [4.69, 9.17) is 4.74 Å². The molecule has 1 aliphatic heterocycles. The normalized spacial score (nSPS) is 13.7. The predicted octanol–water partition coefficient (Wildman–Crippen LogP) is 3.36. The van der Waals surface area contributed by atoms with E-state index in [0.717, 1.165) is 16.8 Å². The van der Waals surface area contributed by atoms with Crippen LogP contribution in [0, 0.1) is 24.0 Å². The Hall–Kier alpha value is -3.44. The van der Waals surface area contributed by atoms with Crippen LogP contribution in [0.3, 0.4) is 0 Å². The number of nitrogens with one attached hydrogen (secondary N) is 1. The number of aryl methyl sites for hydroxylation is 2. The van der Waals surface area contributed by atoms with Crippen LogP contribution in [-0.4, -0.2) is 57.7 Å². The van der Waals surface area contributed by atoms with Gasteiger partial charge in [0.05, 0.1) is 29.6 Å². The van der Waals surface area contributed by atoms with Crippen molar-refractivity contribution in [3.63, 3.8) is 0 Å². The summed E-state index contributed by atoms with van der Waals surface area (Å²) in [7, 11) is 0. The maximum absolute atomic E-state index is 12.6.